The van der Waals surface area contributed by atoms with Gasteiger partial charge in [-0.15, -0.1) is 0 Å². The zero-order chi connectivity index (χ0) is 26.9. The van der Waals surface area contributed by atoms with Gasteiger partial charge in [-0.25, -0.2) is 0 Å². The molecule has 0 saturated carbocycles. The molecule has 2 aromatic rings. The predicted octanol–water partition coefficient (Wildman–Crippen LogP) is 9.43. The Morgan fingerprint density at radius 3 is 1.20 bits per heavy atom. The molecule has 3 heteroatoms. The molecule has 0 spiro atoms. The first-order chi connectivity index (χ1) is 15.5. The van der Waals surface area contributed by atoms with Gasteiger partial charge in [-0.05, 0) is 66.2 Å². The van der Waals surface area contributed by atoms with Gasteiger partial charge in [0.2, 0.25) is 0 Å². The van der Waals surface area contributed by atoms with Crippen molar-refractivity contribution in [2.24, 2.45) is 0 Å². The Kier molecular flexibility index (Phi) is 7.21. The minimum absolute atomic E-state index is 0.0216. The Morgan fingerprint density at radius 1 is 0.629 bits per heavy atom. The molecule has 1 aliphatic rings. The molecule has 0 radical (unpaired) electrons. The molecule has 1 aliphatic heterocycles. The zero-order valence-corrected chi connectivity index (χ0v) is 26.3. The van der Waals surface area contributed by atoms with Crippen molar-refractivity contribution in [1.29, 1.82) is 0 Å². The van der Waals surface area contributed by atoms with Gasteiger partial charge in [-0.1, -0.05) is 126 Å². The summed E-state index contributed by atoms with van der Waals surface area (Å²) in [5.41, 5.74) is 10.8. The van der Waals surface area contributed by atoms with Gasteiger partial charge >= 0.3 is 0 Å². The van der Waals surface area contributed by atoms with E-state index >= 15 is 0 Å². The standard InChI is InChI=1S/C32H49OPS/c1-20-23-14-21(29(2,3)4)16-27(31(8,9)10)25(23)18-34(33,35)19-26-24(20)15-22(30(5,6)7)17-28(26)32(11,12)13/h14-17,20H,18-19H2,1-13H3,(H,33,35). The van der Waals surface area contributed by atoms with E-state index in [0.29, 0.717) is 12.3 Å². The first-order valence-electron chi connectivity index (χ1n) is 13.2. The molecule has 194 valence electrons. The van der Waals surface area contributed by atoms with Gasteiger partial charge < -0.3 is 4.89 Å². The summed E-state index contributed by atoms with van der Waals surface area (Å²) in [7, 11) is 0. The van der Waals surface area contributed by atoms with Crippen molar-refractivity contribution in [3.8, 4) is 0 Å². The van der Waals surface area contributed by atoms with Crippen molar-refractivity contribution in [3.63, 3.8) is 0 Å². The van der Waals surface area contributed by atoms with Crippen LogP contribution < -0.4 is 0 Å². The number of hydrogen-bond donors (Lipinski definition) is 1. The van der Waals surface area contributed by atoms with E-state index in [9.17, 15) is 4.89 Å². The highest BCUT2D eigenvalue weighted by molar-refractivity contribution is 8.11. The van der Waals surface area contributed by atoms with Gasteiger partial charge in [0.05, 0.1) is 6.26 Å². The summed E-state index contributed by atoms with van der Waals surface area (Å²) in [4.78, 5) is 11.8. The lowest BCUT2D eigenvalue weighted by Crippen LogP contribution is -2.24. The molecule has 2 aromatic carbocycles. The average Bonchev–Trinajstić information content (AvgIpc) is 2.62. The Bertz CT molecular complexity index is 1090. The normalized spacial score (nSPS) is 21.7. The highest BCUT2D eigenvalue weighted by Gasteiger charge is 2.35. The molecule has 0 unspecified atom stereocenters. The number of fused-ring (bicyclic) bond motifs is 2. The molecule has 0 fully saturated rings. The number of rotatable bonds is 0. The number of benzene rings is 2. The van der Waals surface area contributed by atoms with E-state index in [1.807, 2.05) is 0 Å². The number of hydrogen-bond acceptors (Lipinski definition) is 1. The molecule has 1 heterocycles. The molecule has 1 N–H and O–H groups in total. The van der Waals surface area contributed by atoms with Gasteiger partial charge in [0, 0.05) is 18.2 Å². The van der Waals surface area contributed by atoms with Crippen LogP contribution >= 0.6 is 6.26 Å². The largest absolute Gasteiger partial charge is 0.365 e. The fourth-order valence-corrected chi connectivity index (χ4v) is 8.02. The van der Waals surface area contributed by atoms with Gasteiger partial charge in [0.1, 0.15) is 0 Å². The third kappa shape index (κ3) is 5.97. The first kappa shape index (κ1) is 28.6. The summed E-state index contributed by atoms with van der Waals surface area (Å²) < 4.78 is 0. The molecular weight excluding hydrogens is 463 g/mol. The minimum Gasteiger partial charge on any atom is -0.365 e. The second kappa shape index (κ2) is 8.82. The van der Waals surface area contributed by atoms with Crippen LogP contribution in [0.5, 0.6) is 0 Å². The highest BCUT2D eigenvalue weighted by Crippen LogP contribution is 2.56. The first-order valence-corrected chi connectivity index (χ1v) is 16.3. The monoisotopic (exact) mass is 512 g/mol. The van der Waals surface area contributed by atoms with Gasteiger partial charge in [-0.2, -0.15) is 0 Å². The molecule has 0 saturated heterocycles. The van der Waals surface area contributed by atoms with Crippen LogP contribution in [-0.2, 0) is 45.8 Å². The van der Waals surface area contributed by atoms with Crippen molar-refractivity contribution in [2.45, 2.75) is 130 Å². The lowest BCUT2D eigenvalue weighted by molar-refractivity contribution is 0.555. The quantitative estimate of drug-likeness (QED) is 0.355. The van der Waals surface area contributed by atoms with Crippen LogP contribution in [0.3, 0.4) is 0 Å². The smallest absolute Gasteiger partial charge is 0.0720 e. The molecule has 0 bridgehead atoms. The van der Waals surface area contributed by atoms with E-state index in [1.165, 1.54) is 44.5 Å². The summed E-state index contributed by atoms with van der Waals surface area (Å²) >= 11 is 6.08. The van der Waals surface area contributed by atoms with Crippen LogP contribution in [0.25, 0.3) is 0 Å². The third-order valence-electron chi connectivity index (χ3n) is 7.66. The maximum Gasteiger partial charge on any atom is 0.0720 e. The predicted molar refractivity (Wildman–Crippen MR) is 159 cm³/mol. The molecule has 0 atom stereocenters. The molecule has 0 amide bonds. The van der Waals surface area contributed by atoms with Crippen molar-refractivity contribution in [3.05, 3.63) is 68.8 Å². The molecule has 0 aliphatic carbocycles. The highest BCUT2D eigenvalue weighted by atomic mass is 32.4. The lowest BCUT2D eigenvalue weighted by Gasteiger charge is -2.37. The Hall–Kier alpha value is -0.950. The Balaban J connectivity index is 2.51. The van der Waals surface area contributed by atoms with E-state index in [-0.39, 0.29) is 27.6 Å². The van der Waals surface area contributed by atoms with E-state index in [4.69, 9.17) is 11.8 Å². The van der Waals surface area contributed by atoms with Crippen molar-refractivity contribution >= 4 is 18.1 Å². The van der Waals surface area contributed by atoms with Crippen LogP contribution in [-0.4, -0.2) is 4.89 Å². The topological polar surface area (TPSA) is 20.2 Å². The van der Waals surface area contributed by atoms with Crippen molar-refractivity contribution < 1.29 is 4.89 Å². The fraction of sp³-hybridized carbons (Fsp3) is 0.625. The van der Waals surface area contributed by atoms with Crippen LogP contribution in [0.1, 0.15) is 140 Å². The molecule has 1 nitrogen and oxygen atoms in total. The summed E-state index contributed by atoms with van der Waals surface area (Å²) in [6.07, 6.45) is -1.39. The SMILES string of the molecule is CC1c2cc(C(C)(C)C)cc(C(C)(C)C)c2CP(O)(=S)Cc2c1cc(C(C)(C)C)cc2C(C)(C)C. The second-order valence-electron chi connectivity index (χ2n) is 15.1. The zero-order valence-electron chi connectivity index (χ0n) is 24.6. The molecule has 35 heavy (non-hydrogen) atoms. The van der Waals surface area contributed by atoms with Crippen LogP contribution in [0.4, 0.5) is 0 Å². The van der Waals surface area contributed by atoms with E-state index in [0.717, 1.165) is 0 Å². The van der Waals surface area contributed by atoms with Crippen LogP contribution in [0.15, 0.2) is 24.3 Å². The molecular formula is C32H49OPS. The molecule has 3 rings (SSSR count). The lowest BCUT2D eigenvalue weighted by atomic mass is 9.72. The van der Waals surface area contributed by atoms with Crippen molar-refractivity contribution in [2.75, 3.05) is 0 Å². The third-order valence-corrected chi connectivity index (χ3v) is 10.1. The van der Waals surface area contributed by atoms with Crippen LogP contribution in [0.2, 0.25) is 0 Å². The maximum atomic E-state index is 11.8. The second-order valence-corrected chi connectivity index (χ2v) is 19.4. The summed E-state index contributed by atoms with van der Waals surface area (Å²) in [5.74, 6) is 0.238. The van der Waals surface area contributed by atoms with E-state index in [2.05, 4.69) is 114 Å². The van der Waals surface area contributed by atoms with E-state index < -0.39 is 6.26 Å². The fourth-order valence-electron chi connectivity index (χ4n) is 5.44. The minimum atomic E-state index is -2.62. The van der Waals surface area contributed by atoms with Crippen LogP contribution in [0, 0.1) is 0 Å². The van der Waals surface area contributed by atoms with Gasteiger partial charge in [-0.3, -0.25) is 0 Å². The van der Waals surface area contributed by atoms with Gasteiger partial charge in [0.25, 0.3) is 0 Å². The van der Waals surface area contributed by atoms with E-state index in [1.54, 1.807) is 0 Å². The summed E-state index contributed by atoms with van der Waals surface area (Å²) in [5, 5.41) is 0. The summed E-state index contributed by atoms with van der Waals surface area (Å²) in [6, 6.07) is 9.66. The average molecular weight is 513 g/mol. The van der Waals surface area contributed by atoms with Gasteiger partial charge in [0.15, 0.2) is 0 Å². The molecule has 0 aromatic heterocycles. The van der Waals surface area contributed by atoms with Crippen molar-refractivity contribution in [1.82, 2.24) is 0 Å². The maximum absolute atomic E-state index is 11.8. The Labute approximate surface area is 221 Å². The Morgan fingerprint density at radius 2 is 0.943 bits per heavy atom. The summed E-state index contributed by atoms with van der Waals surface area (Å²) in [6.45, 7) is 29.9.